The summed E-state index contributed by atoms with van der Waals surface area (Å²) >= 11 is 0. The van der Waals surface area contributed by atoms with E-state index in [1.807, 2.05) is 24.3 Å². The highest BCUT2D eigenvalue weighted by Gasteiger charge is 2.32. The van der Waals surface area contributed by atoms with Crippen LogP contribution in [0.3, 0.4) is 0 Å². The molecule has 5 heteroatoms. The molecule has 1 N–H and O–H groups in total. The fourth-order valence-electron chi connectivity index (χ4n) is 3.26. The molecule has 1 fully saturated rings. The van der Waals surface area contributed by atoms with Crippen molar-refractivity contribution in [3.05, 3.63) is 29.8 Å². The van der Waals surface area contributed by atoms with Gasteiger partial charge in [0.1, 0.15) is 5.75 Å². The van der Waals surface area contributed by atoms with Gasteiger partial charge in [-0.3, -0.25) is 9.59 Å². The van der Waals surface area contributed by atoms with E-state index in [0.29, 0.717) is 19.4 Å². The number of carbonyl (C=O) groups is 2. The van der Waals surface area contributed by atoms with Crippen molar-refractivity contribution < 1.29 is 19.4 Å². The summed E-state index contributed by atoms with van der Waals surface area (Å²) < 4.78 is 5.33. The molecular weight excluding hydrogens is 294 g/mol. The Morgan fingerprint density at radius 3 is 2.65 bits per heavy atom. The summed E-state index contributed by atoms with van der Waals surface area (Å²) in [5.41, 5.74) is 1.07. The number of carboxylic acids is 1. The predicted molar refractivity (Wildman–Crippen MR) is 87.4 cm³/mol. The number of benzene rings is 1. The van der Waals surface area contributed by atoms with Crippen LogP contribution >= 0.6 is 0 Å². The molecule has 1 aliphatic rings. The summed E-state index contributed by atoms with van der Waals surface area (Å²) in [5, 5.41) is 9.15. The Kier molecular flexibility index (Phi) is 6.02. The molecule has 1 aliphatic carbocycles. The third kappa shape index (κ3) is 4.47. The van der Waals surface area contributed by atoms with Gasteiger partial charge >= 0.3 is 5.97 Å². The molecule has 0 spiro atoms. The number of nitrogens with zero attached hydrogens (tertiary/aromatic N) is 1. The smallest absolute Gasteiger partial charge is 0.306 e. The van der Waals surface area contributed by atoms with Gasteiger partial charge in [0.15, 0.2) is 0 Å². The van der Waals surface area contributed by atoms with Crippen molar-refractivity contribution in [1.82, 2.24) is 4.90 Å². The number of ether oxygens (including phenoxy) is 1. The topological polar surface area (TPSA) is 66.8 Å². The number of amides is 1. The number of para-hydroxylation sites is 1. The molecule has 126 valence electrons. The second-order valence-electron chi connectivity index (χ2n) is 6.22. The third-order valence-corrected chi connectivity index (χ3v) is 4.66. The summed E-state index contributed by atoms with van der Waals surface area (Å²) in [6.07, 6.45) is 3.48. The molecule has 1 saturated carbocycles. The first-order valence-corrected chi connectivity index (χ1v) is 8.12. The van der Waals surface area contributed by atoms with Crippen LogP contribution in [0.4, 0.5) is 0 Å². The fourth-order valence-corrected chi connectivity index (χ4v) is 3.26. The molecule has 1 amide bonds. The minimum Gasteiger partial charge on any atom is -0.496 e. The van der Waals surface area contributed by atoms with Crippen LogP contribution in [0.1, 0.15) is 31.2 Å². The summed E-state index contributed by atoms with van der Waals surface area (Å²) in [5.74, 6) is -0.421. The van der Waals surface area contributed by atoms with Crippen LogP contribution in [0.5, 0.6) is 5.75 Å². The van der Waals surface area contributed by atoms with E-state index < -0.39 is 5.97 Å². The summed E-state index contributed by atoms with van der Waals surface area (Å²) in [4.78, 5) is 25.4. The highest BCUT2D eigenvalue weighted by molar-refractivity contribution is 5.80. The van der Waals surface area contributed by atoms with Crippen LogP contribution in [-0.2, 0) is 16.0 Å². The molecule has 5 nitrogen and oxygen atoms in total. The number of carboxylic acid groups (broad SMARTS) is 1. The molecule has 0 aliphatic heterocycles. The van der Waals surface area contributed by atoms with Crippen LogP contribution in [0.2, 0.25) is 0 Å². The van der Waals surface area contributed by atoms with Crippen LogP contribution in [0.15, 0.2) is 24.3 Å². The highest BCUT2D eigenvalue weighted by atomic mass is 16.5. The normalized spacial score (nSPS) is 20.8. The molecule has 0 bridgehead atoms. The van der Waals surface area contributed by atoms with E-state index >= 15 is 0 Å². The minimum atomic E-state index is -0.779. The number of methoxy groups -OCH3 is 1. The average molecular weight is 319 g/mol. The lowest BCUT2D eigenvalue weighted by molar-refractivity contribution is -0.145. The van der Waals surface area contributed by atoms with Crippen molar-refractivity contribution >= 4 is 11.9 Å². The van der Waals surface area contributed by atoms with Gasteiger partial charge in [0.25, 0.3) is 0 Å². The first-order valence-electron chi connectivity index (χ1n) is 8.12. The van der Waals surface area contributed by atoms with Crippen molar-refractivity contribution in [3.8, 4) is 5.75 Å². The first-order chi connectivity index (χ1) is 11.0. The maximum Gasteiger partial charge on any atom is 0.306 e. The van der Waals surface area contributed by atoms with E-state index in [4.69, 9.17) is 9.84 Å². The third-order valence-electron chi connectivity index (χ3n) is 4.66. The lowest BCUT2D eigenvalue weighted by atomic mass is 9.81. The summed E-state index contributed by atoms with van der Waals surface area (Å²) in [7, 11) is 3.43. The van der Waals surface area contributed by atoms with Crippen molar-refractivity contribution in [3.63, 3.8) is 0 Å². The van der Waals surface area contributed by atoms with Gasteiger partial charge in [0.05, 0.1) is 13.0 Å². The first kappa shape index (κ1) is 17.3. The van der Waals surface area contributed by atoms with Crippen LogP contribution < -0.4 is 4.74 Å². The fraction of sp³-hybridized carbons (Fsp3) is 0.556. The van der Waals surface area contributed by atoms with Crippen LogP contribution in [-0.4, -0.2) is 42.6 Å². The highest BCUT2D eigenvalue weighted by Crippen LogP contribution is 2.30. The zero-order valence-electron chi connectivity index (χ0n) is 13.8. The maximum absolute atomic E-state index is 12.5. The van der Waals surface area contributed by atoms with Crippen molar-refractivity contribution in [1.29, 1.82) is 0 Å². The Morgan fingerprint density at radius 1 is 1.26 bits per heavy atom. The Labute approximate surface area is 137 Å². The van der Waals surface area contributed by atoms with Crippen molar-refractivity contribution in [2.45, 2.75) is 32.1 Å². The number of hydrogen-bond acceptors (Lipinski definition) is 3. The van der Waals surface area contributed by atoms with E-state index in [1.54, 1.807) is 19.1 Å². The second kappa shape index (κ2) is 7.99. The molecule has 2 rings (SSSR count). The van der Waals surface area contributed by atoms with Crippen molar-refractivity contribution in [2.24, 2.45) is 11.8 Å². The molecule has 0 heterocycles. The molecule has 2 atom stereocenters. The molecule has 0 radical (unpaired) electrons. The number of likely N-dealkylation sites (N-methyl/N-ethyl adjacent to an activating group) is 1. The molecular formula is C18H25NO4. The Morgan fingerprint density at radius 2 is 1.96 bits per heavy atom. The van der Waals surface area contributed by atoms with E-state index in [0.717, 1.165) is 30.6 Å². The Bertz CT molecular complexity index is 558. The second-order valence-corrected chi connectivity index (χ2v) is 6.22. The van der Waals surface area contributed by atoms with Crippen LogP contribution in [0.25, 0.3) is 0 Å². The largest absolute Gasteiger partial charge is 0.496 e. The van der Waals surface area contributed by atoms with Gasteiger partial charge in [-0.15, -0.1) is 0 Å². The quantitative estimate of drug-likeness (QED) is 0.875. The summed E-state index contributed by atoms with van der Waals surface area (Å²) in [6, 6.07) is 7.79. The lowest BCUT2D eigenvalue weighted by Gasteiger charge is -2.29. The van der Waals surface area contributed by atoms with E-state index in [-0.39, 0.29) is 17.7 Å². The van der Waals surface area contributed by atoms with Gasteiger partial charge in [-0.25, -0.2) is 0 Å². The van der Waals surface area contributed by atoms with Crippen LogP contribution in [0, 0.1) is 11.8 Å². The SMILES string of the molecule is COc1ccccc1CCN(C)C(=O)C1CCCC(C(=O)O)C1. The van der Waals surface area contributed by atoms with Gasteiger partial charge in [-0.2, -0.15) is 0 Å². The van der Waals surface area contributed by atoms with Crippen molar-refractivity contribution in [2.75, 3.05) is 20.7 Å². The lowest BCUT2D eigenvalue weighted by Crippen LogP contribution is -2.37. The van der Waals surface area contributed by atoms with E-state index in [9.17, 15) is 9.59 Å². The molecule has 1 aromatic carbocycles. The van der Waals surface area contributed by atoms with Gasteiger partial charge in [0, 0.05) is 19.5 Å². The van der Waals surface area contributed by atoms with Gasteiger partial charge in [-0.1, -0.05) is 24.6 Å². The molecule has 0 saturated heterocycles. The number of carbonyl (C=O) groups excluding carboxylic acids is 1. The summed E-state index contributed by atoms with van der Waals surface area (Å²) in [6.45, 7) is 0.605. The minimum absolute atomic E-state index is 0.0610. The molecule has 0 aromatic heterocycles. The van der Waals surface area contributed by atoms with E-state index in [1.165, 1.54) is 0 Å². The Balaban J connectivity index is 1.91. The average Bonchev–Trinajstić information content (AvgIpc) is 2.59. The maximum atomic E-state index is 12.5. The zero-order valence-corrected chi connectivity index (χ0v) is 13.8. The molecule has 2 unspecified atom stereocenters. The monoisotopic (exact) mass is 319 g/mol. The predicted octanol–water partition coefficient (Wildman–Crippen LogP) is 2.59. The number of hydrogen-bond donors (Lipinski definition) is 1. The number of rotatable bonds is 6. The van der Waals surface area contributed by atoms with Gasteiger partial charge in [-0.05, 0) is 37.3 Å². The molecule has 23 heavy (non-hydrogen) atoms. The Hall–Kier alpha value is -2.04. The standard InChI is InChI=1S/C18H25NO4/c1-19(11-10-13-6-3-4-9-16(13)23-2)17(20)14-7-5-8-15(12-14)18(21)22/h3-4,6,9,14-15H,5,7-8,10-12H2,1-2H3,(H,21,22). The molecule has 1 aromatic rings. The van der Waals surface area contributed by atoms with E-state index in [2.05, 4.69) is 0 Å². The number of aliphatic carboxylic acids is 1. The van der Waals surface area contributed by atoms with Gasteiger partial charge < -0.3 is 14.7 Å². The van der Waals surface area contributed by atoms with Gasteiger partial charge in [0.2, 0.25) is 5.91 Å². The zero-order chi connectivity index (χ0) is 16.8.